The van der Waals surface area contributed by atoms with Crippen LogP contribution in [-0.2, 0) is 24.0 Å². The number of nitrogens with two attached hydrogens (primary N) is 2. The Kier molecular flexibility index (Phi) is 12.5. The summed E-state index contributed by atoms with van der Waals surface area (Å²) in [5, 5.41) is 16.9. The van der Waals surface area contributed by atoms with Gasteiger partial charge in [-0.25, -0.2) is 4.79 Å². The largest absolute Gasteiger partial charge is 0.480 e. The Bertz CT molecular complexity index is 682. The summed E-state index contributed by atoms with van der Waals surface area (Å²) in [5.74, 6) is -4.63. The molecule has 11 nitrogen and oxygen atoms in total. The lowest BCUT2D eigenvalue weighted by atomic mass is 9.98. The van der Waals surface area contributed by atoms with Crippen molar-refractivity contribution in [3.05, 3.63) is 0 Å². The second-order valence-electron chi connectivity index (χ2n) is 8.78. The Morgan fingerprint density at radius 3 is 1.72 bits per heavy atom. The number of carboxylic acid groups (broad SMARTS) is 1. The maximum absolute atomic E-state index is 12.9. The van der Waals surface area contributed by atoms with Crippen molar-refractivity contribution >= 4 is 29.6 Å². The number of carbonyl (C=O) groups excluding carboxylic acids is 4. The van der Waals surface area contributed by atoms with Crippen molar-refractivity contribution in [2.45, 2.75) is 85.0 Å². The molecule has 0 bridgehead atoms. The predicted molar refractivity (Wildman–Crippen MR) is 119 cm³/mol. The molecule has 0 radical (unpaired) electrons. The predicted octanol–water partition coefficient (Wildman–Crippen LogP) is -0.524. The fourth-order valence-corrected chi connectivity index (χ4v) is 2.88. The lowest BCUT2D eigenvalue weighted by molar-refractivity contribution is -0.143. The maximum Gasteiger partial charge on any atom is 0.326 e. The minimum Gasteiger partial charge on any atom is -0.480 e. The van der Waals surface area contributed by atoms with Gasteiger partial charge in [0.2, 0.25) is 23.6 Å². The van der Waals surface area contributed by atoms with Crippen LogP contribution in [-0.4, -0.2) is 58.9 Å². The Hall–Kier alpha value is -2.69. The van der Waals surface area contributed by atoms with E-state index in [4.69, 9.17) is 11.5 Å². The molecule has 0 aromatic rings. The van der Waals surface area contributed by atoms with Crippen LogP contribution in [0.3, 0.4) is 0 Å². The van der Waals surface area contributed by atoms with Crippen LogP contribution in [0.4, 0.5) is 0 Å². The molecule has 184 valence electrons. The fraction of sp³-hybridized carbons (Fsp3) is 0.762. The number of carboxylic acids is 1. The molecule has 0 aliphatic carbocycles. The molecule has 4 amide bonds. The molecule has 0 fully saturated rings. The van der Waals surface area contributed by atoms with E-state index in [0.29, 0.717) is 6.42 Å². The minimum atomic E-state index is -1.19. The standard InChI is InChI=1S/C21H39N5O6/c1-7-12(6)15(23)19(29)24-13(8-9-14(22)27)18(28)25-16(10(2)3)20(30)26-17(11(4)5)21(31)32/h10-13,15-17H,7-9,23H2,1-6H3,(H2,22,27)(H,24,29)(H,25,28)(H,26,30)(H,31,32). The average Bonchev–Trinajstić information content (AvgIpc) is 2.70. The molecule has 0 aromatic carbocycles. The van der Waals surface area contributed by atoms with Crippen LogP contribution in [0.15, 0.2) is 0 Å². The third kappa shape index (κ3) is 9.63. The Labute approximate surface area is 189 Å². The van der Waals surface area contributed by atoms with Gasteiger partial charge in [-0.2, -0.15) is 0 Å². The van der Waals surface area contributed by atoms with Crippen molar-refractivity contribution in [2.24, 2.45) is 29.2 Å². The zero-order valence-corrected chi connectivity index (χ0v) is 19.8. The van der Waals surface area contributed by atoms with Crippen molar-refractivity contribution in [2.75, 3.05) is 0 Å². The number of primary amides is 1. The van der Waals surface area contributed by atoms with Gasteiger partial charge in [-0.3, -0.25) is 19.2 Å². The first-order chi connectivity index (χ1) is 14.7. The zero-order valence-electron chi connectivity index (χ0n) is 19.8. The number of hydrogen-bond donors (Lipinski definition) is 6. The summed E-state index contributed by atoms with van der Waals surface area (Å²) in [4.78, 5) is 60.7. The van der Waals surface area contributed by atoms with Gasteiger partial charge in [0.05, 0.1) is 6.04 Å². The molecule has 0 saturated heterocycles. The summed E-state index contributed by atoms with van der Waals surface area (Å²) in [6.07, 6.45) is 0.420. The van der Waals surface area contributed by atoms with Gasteiger partial charge in [-0.05, 0) is 24.2 Å². The van der Waals surface area contributed by atoms with Gasteiger partial charge in [-0.1, -0.05) is 48.0 Å². The normalized spacial score (nSPS) is 15.9. The van der Waals surface area contributed by atoms with Crippen LogP contribution in [0.1, 0.15) is 60.8 Å². The Morgan fingerprint density at radius 2 is 1.31 bits per heavy atom. The minimum absolute atomic E-state index is 0.0731. The monoisotopic (exact) mass is 457 g/mol. The van der Waals surface area contributed by atoms with Gasteiger partial charge in [0, 0.05) is 6.42 Å². The first-order valence-electron chi connectivity index (χ1n) is 10.9. The Balaban J connectivity index is 5.52. The van der Waals surface area contributed by atoms with Gasteiger partial charge in [0.25, 0.3) is 0 Å². The molecule has 0 rings (SSSR count). The van der Waals surface area contributed by atoms with Crippen molar-refractivity contribution in [3.8, 4) is 0 Å². The maximum atomic E-state index is 12.9. The van der Waals surface area contributed by atoms with Crippen LogP contribution in [0, 0.1) is 17.8 Å². The molecule has 11 heteroatoms. The smallest absolute Gasteiger partial charge is 0.326 e. The molecule has 0 spiro atoms. The molecular weight excluding hydrogens is 418 g/mol. The summed E-state index contributed by atoms with van der Waals surface area (Å²) >= 11 is 0. The second-order valence-corrected chi connectivity index (χ2v) is 8.78. The van der Waals surface area contributed by atoms with E-state index in [0.717, 1.165) is 0 Å². The van der Waals surface area contributed by atoms with E-state index in [9.17, 15) is 29.1 Å². The van der Waals surface area contributed by atoms with E-state index >= 15 is 0 Å². The highest BCUT2D eigenvalue weighted by atomic mass is 16.4. The van der Waals surface area contributed by atoms with Gasteiger partial charge >= 0.3 is 5.97 Å². The number of hydrogen-bond acceptors (Lipinski definition) is 6. The topological polar surface area (TPSA) is 194 Å². The number of rotatable bonds is 14. The van der Waals surface area contributed by atoms with E-state index in [1.807, 2.05) is 6.92 Å². The van der Waals surface area contributed by atoms with Crippen molar-refractivity contribution in [3.63, 3.8) is 0 Å². The van der Waals surface area contributed by atoms with Crippen LogP contribution in [0.2, 0.25) is 0 Å². The van der Waals surface area contributed by atoms with Crippen LogP contribution >= 0.6 is 0 Å². The quantitative estimate of drug-likeness (QED) is 0.202. The lowest BCUT2D eigenvalue weighted by Gasteiger charge is -2.28. The number of amides is 4. The molecule has 32 heavy (non-hydrogen) atoms. The second kappa shape index (κ2) is 13.7. The zero-order chi connectivity index (χ0) is 25.2. The number of carbonyl (C=O) groups is 5. The van der Waals surface area contributed by atoms with Gasteiger partial charge in [-0.15, -0.1) is 0 Å². The van der Waals surface area contributed by atoms with E-state index in [-0.39, 0.29) is 30.6 Å². The van der Waals surface area contributed by atoms with Crippen molar-refractivity contribution < 1.29 is 29.1 Å². The van der Waals surface area contributed by atoms with Crippen molar-refractivity contribution in [1.29, 1.82) is 0 Å². The highest BCUT2D eigenvalue weighted by Gasteiger charge is 2.33. The highest BCUT2D eigenvalue weighted by molar-refractivity contribution is 5.94. The average molecular weight is 458 g/mol. The molecule has 8 N–H and O–H groups in total. The Morgan fingerprint density at radius 1 is 0.812 bits per heavy atom. The first-order valence-corrected chi connectivity index (χ1v) is 10.9. The molecule has 0 aliphatic heterocycles. The third-order valence-corrected chi connectivity index (χ3v) is 5.35. The first kappa shape index (κ1) is 29.3. The molecule has 0 heterocycles. The van der Waals surface area contributed by atoms with Gasteiger partial charge in [0.1, 0.15) is 18.1 Å². The number of nitrogens with one attached hydrogen (secondary N) is 3. The SMILES string of the molecule is CCC(C)C(N)C(=O)NC(CCC(N)=O)C(=O)NC(C(=O)NC(C(=O)O)C(C)C)C(C)C. The van der Waals surface area contributed by atoms with Gasteiger partial charge in [0.15, 0.2) is 0 Å². The number of aliphatic carboxylic acids is 1. The highest BCUT2D eigenvalue weighted by Crippen LogP contribution is 2.09. The molecule has 0 aromatic heterocycles. The van der Waals surface area contributed by atoms with Crippen molar-refractivity contribution in [1.82, 2.24) is 16.0 Å². The van der Waals surface area contributed by atoms with Crippen LogP contribution in [0.25, 0.3) is 0 Å². The fourth-order valence-electron chi connectivity index (χ4n) is 2.88. The summed E-state index contributed by atoms with van der Waals surface area (Å²) < 4.78 is 0. The third-order valence-electron chi connectivity index (χ3n) is 5.35. The molecule has 5 atom stereocenters. The van der Waals surface area contributed by atoms with Gasteiger partial charge < -0.3 is 32.5 Å². The molecular formula is C21H39N5O6. The van der Waals surface area contributed by atoms with E-state index in [1.54, 1.807) is 34.6 Å². The summed E-state index contributed by atoms with van der Waals surface area (Å²) in [7, 11) is 0. The summed E-state index contributed by atoms with van der Waals surface area (Å²) in [5.41, 5.74) is 11.1. The molecule has 0 aliphatic rings. The summed E-state index contributed by atoms with van der Waals surface area (Å²) in [6.45, 7) is 10.4. The van der Waals surface area contributed by atoms with E-state index < -0.39 is 53.8 Å². The molecule has 5 unspecified atom stereocenters. The van der Waals surface area contributed by atoms with Crippen LogP contribution in [0.5, 0.6) is 0 Å². The van der Waals surface area contributed by atoms with E-state index in [2.05, 4.69) is 16.0 Å². The summed E-state index contributed by atoms with van der Waals surface area (Å²) in [6, 6.07) is -4.17. The lowest BCUT2D eigenvalue weighted by Crippen LogP contribution is -2.59. The van der Waals surface area contributed by atoms with E-state index in [1.165, 1.54) is 0 Å². The van der Waals surface area contributed by atoms with Crippen LogP contribution < -0.4 is 27.4 Å². The molecule has 0 saturated carbocycles.